The lowest BCUT2D eigenvalue weighted by Gasteiger charge is -2.37. The molecule has 2 aliphatic heterocycles. The second-order valence-electron chi connectivity index (χ2n) is 5.67. The van der Waals surface area contributed by atoms with Crippen LogP contribution in [0.1, 0.15) is 18.1 Å². The summed E-state index contributed by atoms with van der Waals surface area (Å²) < 4.78 is 28.1. The maximum absolute atomic E-state index is 11.2. The van der Waals surface area contributed by atoms with Gasteiger partial charge in [0.25, 0.3) is 0 Å². The highest BCUT2D eigenvalue weighted by Crippen LogP contribution is 2.33. The van der Waals surface area contributed by atoms with Gasteiger partial charge in [-0.2, -0.15) is 0 Å². The minimum absolute atomic E-state index is 0.212. The summed E-state index contributed by atoms with van der Waals surface area (Å²) in [6.45, 7) is 4.24. The maximum atomic E-state index is 11.2. The Hall–Kier alpha value is -1.07. The molecule has 2 aliphatic rings. The molecule has 0 unspecified atom stereocenters. The average molecular weight is 267 g/mol. The van der Waals surface area contributed by atoms with Crippen LogP contribution in [-0.2, 0) is 22.9 Å². The van der Waals surface area contributed by atoms with Crippen LogP contribution in [0.3, 0.4) is 0 Å². The van der Waals surface area contributed by atoms with E-state index in [4.69, 9.17) is 4.74 Å². The normalized spacial score (nSPS) is 23.2. The minimum atomic E-state index is -2.79. The van der Waals surface area contributed by atoms with Crippen LogP contribution in [0.4, 0.5) is 0 Å². The molecule has 1 aromatic carbocycles. The van der Waals surface area contributed by atoms with E-state index in [-0.39, 0.29) is 16.9 Å². The summed E-state index contributed by atoms with van der Waals surface area (Å²) in [5.41, 5.74) is 2.38. The zero-order valence-corrected chi connectivity index (χ0v) is 11.2. The molecule has 1 aromatic rings. The van der Waals surface area contributed by atoms with Gasteiger partial charge in [0.2, 0.25) is 0 Å². The van der Waals surface area contributed by atoms with Gasteiger partial charge in [-0.05, 0) is 23.3 Å². The number of hydrogen-bond acceptors (Lipinski definition) is 4. The Morgan fingerprint density at radius 3 is 2.72 bits per heavy atom. The summed E-state index contributed by atoms with van der Waals surface area (Å²) in [7, 11) is -2.79. The summed E-state index contributed by atoms with van der Waals surface area (Å²) in [5, 5.41) is 3.29. The van der Waals surface area contributed by atoms with E-state index >= 15 is 0 Å². The summed E-state index contributed by atoms with van der Waals surface area (Å²) in [6, 6.07) is 6.08. The van der Waals surface area contributed by atoms with Crippen molar-refractivity contribution in [2.45, 2.75) is 20.0 Å². The SMILES string of the molecule is CC1(COc2ccc3c(c2)CNC3)CS(=O)(=O)C1. The Labute approximate surface area is 107 Å². The molecule has 0 amide bonds. The first-order chi connectivity index (χ1) is 8.46. The molecule has 1 fully saturated rings. The van der Waals surface area contributed by atoms with Crippen LogP contribution >= 0.6 is 0 Å². The molecule has 5 heteroatoms. The first kappa shape index (κ1) is 12.0. The lowest BCUT2D eigenvalue weighted by Crippen LogP contribution is -2.50. The van der Waals surface area contributed by atoms with E-state index in [1.165, 1.54) is 11.1 Å². The lowest BCUT2D eigenvalue weighted by molar-refractivity contribution is 0.188. The fourth-order valence-corrected chi connectivity index (χ4v) is 4.93. The number of benzene rings is 1. The molecular weight excluding hydrogens is 250 g/mol. The van der Waals surface area contributed by atoms with E-state index in [2.05, 4.69) is 11.4 Å². The molecule has 0 saturated carbocycles. The van der Waals surface area contributed by atoms with Gasteiger partial charge in [0, 0.05) is 18.5 Å². The molecule has 0 bridgehead atoms. The van der Waals surface area contributed by atoms with Crippen LogP contribution in [0.5, 0.6) is 5.75 Å². The van der Waals surface area contributed by atoms with Crippen molar-refractivity contribution in [2.24, 2.45) is 5.41 Å². The van der Waals surface area contributed by atoms with E-state index in [1.54, 1.807) is 0 Å². The molecule has 0 radical (unpaired) electrons. The second kappa shape index (κ2) is 3.96. The monoisotopic (exact) mass is 267 g/mol. The average Bonchev–Trinajstić information content (AvgIpc) is 2.70. The van der Waals surface area contributed by atoms with E-state index in [0.29, 0.717) is 6.61 Å². The van der Waals surface area contributed by atoms with Gasteiger partial charge in [-0.15, -0.1) is 0 Å². The molecule has 0 spiro atoms. The predicted octanol–water partition coefficient (Wildman–Crippen LogP) is 1.10. The minimum Gasteiger partial charge on any atom is -0.493 e. The molecule has 2 heterocycles. The van der Waals surface area contributed by atoms with Gasteiger partial charge in [0.15, 0.2) is 9.84 Å². The molecule has 18 heavy (non-hydrogen) atoms. The Balaban J connectivity index is 1.64. The Morgan fingerprint density at radius 2 is 2.00 bits per heavy atom. The fraction of sp³-hybridized carbons (Fsp3) is 0.538. The first-order valence-corrected chi connectivity index (χ1v) is 7.94. The van der Waals surface area contributed by atoms with Crippen LogP contribution in [0.15, 0.2) is 18.2 Å². The molecule has 98 valence electrons. The third-order valence-electron chi connectivity index (χ3n) is 3.53. The maximum Gasteiger partial charge on any atom is 0.151 e. The van der Waals surface area contributed by atoms with Gasteiger partial charge < -0.3 is 10.1 Å². The number of hydrogen-bond donors (Lipinski definition) is 1. The zero-order chi connectivity index (χ0) is 12.8. The van der Waals surface area contributed by atoms with Gasteiger partial charge in [-0.3, -0.25) is 0 Å². The predicted molar refractivity (Wildman–Crippen MR) is 69.2 cm³/mol. The van der Waals surface area contributed by atoms with Crippen LogP contribution in [-0.4, -0.2) is 26.5 Å². The molecule has 1 N–H and O–H groups in total. The summed E-state index contributed by atoms with van der Waals surface area (Å²) in [6.07, 6.45) is 0. The highest BCUT2D eigenvalue weighted by Gasteiger charge is 2.45. The largest absolute Gasteiger partial charge is 0.493 e. The van der Waals surface area contributed by atoms with Crippen molar-refractivity contribution >= 4 is 9.84 Å². The summed E-state index contributed by atoms with van der Waals surface area (Å²) in [4.78, 5) is 0. The van der Waals surface area contributed by atoms with Gasteiger partial charge >= 0.3 is 0 Å². The van der Waals surface area contributed by atoms with Crippen LogP contribution in [0.25, 0.3) is 0 Å². The van der Waals surface area contributed by atoms with Crippen molar-refractivity contribution in [2.75, 3.05) is 18.1 Å². The fourth-order valence-electron chi connectivity index (χ4n) is 2.72. The van der Waals surface area contributed by atoms with E-state index in [1.807, 2.05) is 19.1 Å². The van der Waals surface area contributed by atoms with Gasteiger partial charge in [-0.1, -0.05) is 13.0 Å². The van der Waals surface area contributed by atoms with E-state index in [9.17, 15) is 8.42 Å². The van der Waals surface area contributed by atoms with Crippen molar-refractivity contribution in [1.82, 2.24) is 5.32 Å². The lowest BCUT2D eigenvalue weighted by atomic mass is 9.96. The summed E-state index contributed by atoms with van der Waals surface area (Å²) >= 11 is 0. The van der Waals surface area contributed by atoms with Gasteiger partial charge in [0.1, 0.15) is 5.75 Å². The third kappa shape index (κ3) is 2.24. The number of fused-ring (bicyclic) bond motifs is 1. The summed E-state index contributed by atoms with van der Waals surface area (Å²) in [5.74, 6) is 1.32. The number of rotatable bonds is 3. The van der Waals surface area contributed by atoms with Crippen LogP contribution < -0.4 is 10.1 Å². The molecule has 0 aromatic heterocycles. The van der Waals surface area contributed by atoms with Gasteiger partial charge in [-0.25, -0.2) is 8.42 Å². The topological polar surface area (TPSA) is 55.4 Å². The van der Waals surface area contributed by atoms with Crippen LogP contribution in [0.2, 0.25) is 0 Å². The van der Waals surface area contributed by atoms with Crippen molar-refractivity contribution in [1.29, 1.82) is 0 Å². The third-order valence-corrected chi connectivity index (χ3v) is 5.81. The zero-order valence-electron chi connectivity index (χ0n) is 10.4. The van der Waals surface area contributed by atoms with Crippen molar-refractivity contribution in [3.63, 3.8) is 0 Å². The molecule has 0 aliphatic carbocycles. The Morgan fingerprint density at radius 1 is 1.28 bits per heavy atom. The standard InChI is InChI=1S/C13H17NO3S/c1-13(8-18(15,16)9-13)7-17-12-3-2-10-5-14-6-11(10)4-12/h2-4,14H,5-9H2,1H3. The first-order valence-electron chi connectivity index (χ1n) is 6.12. The van der Waals surface area contributed by atoms with Crippen molar-refractivity contribution in [3.05, 3.63) is 29.3 Å². The van der Waals surface area contributed by atoms with Crippen molar-refractivity contribution < 1.29 is 13.2 Å². The smallest absolute Gasteiger partial charge is 0.151 e. The molecule has 3 rings (SSSR count). The molecule has 4 nitrogen and oxygen atoms in total. The highest BCUT2D eigenvalue weighted by atomic mass is 32.2. The van der Waals surface area contributed by atoms with Gasteiger partial charge in [0.05, 0.1) is 18.1 Å². The number of nitrogens with one attached hydrogen (secondary N) is 1. The molecule has 1 saturated heterocycles. The number of sulfone groups is 1. The number of ether oxygens (including phenoxy) is 1. The second-order valence-corrected chi connectivity index (χ2v) is 7.73. The Bertz CT molecular complexity index is 568. The van der Waals surface area contributed by atoms with Crippen molar-refractivity contribution in [3.8, 4) is 5.75 Å². The molecular formula is C13H17NO3S. The highest BCUT2D eigenvalue weighted by molar-refractivity contribution is 7.92. The Kier molecular flexibility index (Phi) is 2.64. The quantitative estimate of drug-likeness (QED) is 0.891. The van der Waals surface area contributed by atoms with Crippen LogP contribution in [0, 0.1) is 5.41 Å². The molecule has 0 atom stereocenters. The van der Waals surface area contributed by atoms with E-state index in [0.717, 1.165) is 18.8 Å². The van der Waals surface area contributed by atoms with E-state index < -0.39 is 9.84 Å².